The van der Waals surface area contributed by atoms with Gasteiger partial charge in [0, 0.05) is 19.4 Å². The van der Waals surface area contributed by atoms with Gasteiger partial charge in [-0.25, -0.2) is 4.79 Å². The van der Waals surface area contributed by atoms with Crippen LogP contribution >= 0.6 is 0 Å². The average molecular weight is 320 g/mol. The van der Waals surface area contributed by atoms with Gasteiger partial charge in [-0.3, -0.25) is 9.59 Å². The van der Waals surface area contributed by atoms with Gasteiger partial charge < -0.3 is 15.7 Å². The first-order valence-electron chi connectivity index (χ1n) is 7.85. The molecule has 0 aliphatic carbocycles. The van der Waals surface area contributed by atoms with Crippen molar-refractivity contribution in [2.45, 2.75) is 45.1 Å². The van der Waals surface area contributed by atoms with E-state index in [4.69, 9.17) is 5.11 Å². The number of aryl methyl sites for hydroxylation is 1. The van der Waals surface area contributed by atoms with Crippen molar-refractivity contribution in [2.75, 3.05) is 6.54 Å². The van der Waals surface area contributed by atoms with Gasteiger partial charge in [0.25, 0.3) is 0 Å². The van der Waals surface area contributed by atoms with Crippen molar-refractivity contribution in [3.05, 3.63) is 35.9 Å². The van der Waals surface area contributed by atoms with Gasteiger partial charge in [-0.15, -0.1) is 0 Å². The average Bonchev–Trinajstić information content (AvgIpc) is 2.52. The van der Waals surface area contributed by atoms with E-state index in [1.807, 2.05) is 30.3 Å². The van der Waals surface area contributed by atoms with E-state index in [2.05, 4.69) is 10.6 Å². The fourth-order valence-corrected chi connectivity index (χ4v) is 2.18. The van der Waals surface area contributed by atoms with Crippen molar-refractivity contribution in [1.82, 2.24) is 10.6 Å². The number of hydrogen-bond donors (Lipinski definition) is 3. The molecular formula is C17H24N2O4. The van der Waals surface area contributed by atoms with Gasteiger partial charge in [0.2, 0.25) is 11.8 Å². The molecule has 3 N–H and O–H groups in total. The quantitative estimate of drug-likeness (QED) is 0.609. The van der Waals surface area contributed by atoms with E-state index < -0.39 is 12.0 Å². The molecular weight excluding hydrogens is 296 g/mol. The van der Waals surface area contributed by atoms with E-state index in [-0.39, 0.29) is 31.1 Å². The van der Waals surface area contributed by atoms with E-state index >= 15 is 0 Å². The molecule has 0 saturated carbocycles. The highest BCUT2D eigenvalue weighted by atomic mass is 16.4. The summed E-state index contributed by atoms with van der Waals surface area (Å²) in [5.41, 5.74) is 1.14. The maximum atomic E-state index is 11.8. The third-order valence-corrected chi connectivity index (χ3v) is 3.38. The minimum Gasteiger partial charge on any atom is -0.480 e. The Balaban J connectivity index is 2.33. The smallest absolute Gasteiger partial charge is 0.326 e. The van der Waals surface area contributed by atoms with Crippen molar-refractivity contribution in [1.29, 1.82) is 0 Å². The molecule has 1 unspecified atom stereocenters. The summed E-state index contributed by atoms with van der Waals surface area (Å²) < 4.78 is 0. The molecule has 0 aromatic heterocycles. The van der Waals surface area contributed by atoms with Crippen LogP contribution in [0.1, 0.15) is 38.2 Å². The third-order valence-electron chi connectivity index (χ3n) is 3.38. The minimum absolute atomic E-state index is 0.0785. The Hall–Kier alpha value is -2.37. The number of benzene rings is 1. The summed E-state index contributed by atoms with van der Waals surface area (Å²) in [6.45, 7) is 2.30. The number of carboxylic acids is 1. The van der Waals surface area contributed by atoms with Gasteiger partial charge in [-0.1, -0.05) is 30.3 Å². The Morgan fingerprint density at radius 3 is 2.39 bits per heavy atom. The molecule has 0 saturated heterocycles. The zero-order valence-corrected chi connectivity index (χ0v) is 13.4. The van der Waals surface area contributed by atoms with Gasteiger partial charge in [-0.05, 0) is 31.7 Å². The van der Waals surface area contributed by atoms with E-state index in [1.165, 1.54) is 0 Å². The third kappa shape index (κ3) is 7.99. The number of carbonyl (C=O) groups excluding carboxylic acids is 2. The summed E-state index contributed by atoms with van der Waals surface area (Å²) in [6, 6.07) is 8.77. The number of rotatable bonds is 10. The Labute approximate surface area is 136 Å². The molecule has 6 nitrogen and oxygen atoms in total. The lowest BCUT2D eigenvalue weighted by molar-refractivity contribution is -0.142. The highest BCUT2D eigenvalue weighted by Crippen LogP contribution is 2.05. The maximum Gasteiger partial charge on any atom is 0.326 e. The van der Waals surface area contributed by atoms with Crippen LogP contribution in [0.5, 0.6) is 0 Å². The molecule has 1 atom stereocenters. The SMILES string of the molecule is CCNC(=O)CCC(NC(=O)CCCc1ccccc1)C(=O)O. The van der Waals surface area contributed by atoms with Crippen molar-refractivity contribution >= 4 is 17.8 Å². The van der Waals surface area contributed by atoms with Crippen molar-refractivity contribution in [3.8, 4) is 0 Å². The van der Waals surface area contributed by atoms with Crippen LogP contribution in [-0.4, -0.2) is 35.5 Å². The first-order chi connectivity index (χ1) is 11.0. The van der Waals surface area contributed by atoms with E-state index in [0.29, 0.717) is 13.0 Å². The number of nitrogens with one attached hydrogen (secondary N) is 2. The Morgan fingerprint density at radius 1 is 1.09 bits per heavy atom. The van der Waals surface area contributed by atoms with E-state index in [1.54, 1.807) is 6.92 Å². The first kappa shape index (κ1) is 18.7. The standard InChI is InChI=1S/C17H24N2O4/c1-2-18-15(20)12-11-14(17(22)23)19-16(21)10-6-9-13-7-4-3-5-8-13/h3-5,7-8,14H,2,6,9-12H2,1H3,(H,18,20)(H,19,21)(H,22,23). The zero-order chi connectivity index (χ0) is 17.1. The second kappa shape index (κ2) is 10.4. The summed E-state index contributed by atoms with van der Waals surface area (Å²) >= 11 is 0. The van der Waals surface area contributed by atoms with Gasteiger partial charge in [0.1, 0.15) is 6.04 Å². The van der Waals surface area contributed by atoms with Gasteiger partial charge in [0.05, 0.1) is 0 Å². The molecule has 1 aromatic rings. The molecule has 2 amide bonds. The van der Waals surface area contributed by atoms with Crippen LogP contribution in [0.4, 0.5) is 0 Å². The highest BCUT2D eigenvalue weighted by Gasteiger charge is 2.20. The first-order valence-corrected chi connectivity index (χ1v) is 7.85. The highest BCUT2D eigenvalue weighted by molar-refractivity contribution is 5.84. The molecule has 0 heterocycles. The summed E-state index contributed by atoms with van der Waals surface area (Å²) in [6.07, 6.45) is 1.85. The molecule has 1 rings (SSSR count). The van der Waals surface area contributed by atoms with Crippen LogP contribution in [0.2, 0.25) is 0 Å². The lowest BCUT2D eigenvalue weighted by atomic mass is 10.1. The van der Waals surface area contributed by atoms with Gasteiger partial charge >= 0.3 is 5.97 Å². The van der Waals surface area contributed by atoms with Gasteiger partial charge in [0.15, 0.2) is 0 Å². The number of amides is 2. The lowest BCUT2D eigenvalue weighted by Gasteiger charge is -2.14. The molecule has 0 fully saturated rings. The zero-order valence-electron chi connectivity index (χ0n) is 13.4. The molecule has 0 bridgehead atoms. The number of hydrogen-bond acceptors (Lipinski definition) is 3. The normalized spacial score (nSPS) is 11.5. The predicted octanol–water partition coefficient (Wildman–Crippen LogP) is 1.49. The number of carbonyl (C=O) groups is 3. The molecule has 126 valence electrons. The van der Waals surface area contributed by atoms with E-state index in [9.17, 15) is 14.4 Å². The van der Waals surface area contributed by atoms with Crippen LogP contribution in [0.15, 0.2) is 30.3 Å². The molecule has 23 heavy (non-hydrogen) atoms. The fraction of sp³-hybridized carbons (Fsp3) is 0.471. The summed E-state index contributed by atoms with van der Waals surface area (Å²) in [5, 5.41) is 14.2. The van der Waals surface area contributed by atoms with Crippen molar-refractivity contribution < 1.29 is 19.5 Å². The molecule has 0 radical (unpaired) electrons. The Morgan fingerprint density at radius 2 is 1.78 bits per heavy atom. The second-order valence-corrected chi connectivity index (χ2v) is 5.29. The summed E-state index contributed by atoms with van der Waals surface area (Å²) in [7, 11) is 0. The molecule has 0 spiro atoms. The van der Waals surface area contributed by atoms with Crippen LogP contribution in [0.25, 0.3) is 0 Å². The number of carboxylic acid groups (broad SMARTS) is 1. The largest absolute Gasteiger partial charge is 0.480 e. The second-order valence-electron chi connectivity index (χ2n) is 5.29. The van der Waals surface area contributed by atoms with Crippen molar-refractivity contribution in [2.24, 2.45) is 0 Å². The topological polar surface area (TPSA) is 95.5 Å². The summed E-state index contributed by atoms with van der Waals surface area (Å²) in [5.74, 6) is -1.63. The molecule has 0 aliphatic rings. The minimum atomic E-state index is -1.12. The monoisotopic (exact) mass is 320 g/mol. The van der Waals surface area contributed by atoms with Crippen LogP contribution in [0.3, 0.4) is 0 Å². The lowest BCUT2D eigenvalue weighted by Crippen LogP contribution is -2.41. The molecule has 6 heteroatoms. The Kier molecular flexibility index (Phi) is 8.42. The predicted molar refractivity (Wildman–Crippen MR) is 86.9 cm³/mol. The van der Waals surface area contributed by atoms with E-state index in [0.717, 1.165) is 12.0 Å². The molecule has 0 aliphatic heterocycles. The van der Waals surface area contributed by atoms with Crippen LogP contribution < -0.4 is 10.6 Å². The Bertz CT molecular complexity index is 517. The van der Waals surface area contributed by atoms with Crippen LogP contribution in [-0.2, 0) is 20.8 Å². The van der Waals surface area contributed by atoms with Crippen molar-refractivity contribution in [3.63, 3.8) is 0 Å². The fourth-order valence-electron chi connectivity index (χ4n) is 2.18. The summed E-state index contributed by atoms with van der Waals surface area (Å²) in [4.78, 5) is 34.4. The molecule has 1 aromatic carbocycles. The maximum absolute atomic E-state index is 11.8. The van der Waals surface area contributed by atoms with Crippen LogP contribution in [0, 0.1) is 0 Å². The van der Waals surface area contributed by atoms with Gasteiger partial charge in [-0.2, -0.15) is 0 Å². The number of aliphatic carboxylic acids is 1.